The number of carboxylic acids is 1. The first-order chi connectivity index (χ1) is 9.71. The van der Waals surface area contributed by atoms with E-state index >= 15 is 0 Å². The fraction of sp³-hybridized carbons (Fsp3) is 0.846. The van der Waals surface area contributed by atoms with Crippen molar-refractivity contribution in [1.82, 2.24) is 5.32 Å². The molecule has 0 aromatic rings. The van der Waals surface area contributed by atoms with Crippen LogP contribution < -0.4 is 5.32 Å². The number of rotatable bonds is 9. The molecule has 8 heteroatoms. The van der Waals surface area contributed by atoms with Gasteiger partial charge in [-0.3, -0.25) is 4.79 Å². The molecular formula is C13H23NO6S. The van der Waals surface area contributed by atoms with Gasteiger partial charge in [-0.1, -0.05) is 0 Å². The van der Waals surface area contributed by atoms with Crippen molar-refractivity contribution in [2.24, 2.45) is 5.92 Å². The number of carbonyl (C=O) groups is 2. The molecule has 1 aliphatic rings. The van der Waals surface area contributed by atoms with E-state index in [9.17, 15) is 18.0 Å². The summed E-state index contributed by atoms with van der Waals surface area (Å²) in [5.74, 6) is -1.62. The van der Waals surface area contributed by atoms with Gasteiger partial charge in [-0.05, 0) is 32.1 Å². The van der Waals surface area contributed by atoms with E-state index in [-0.39, 0.29) is 36.5 Å². The molecule has 0 spiro atoms. The van der Waals surface area contributed by atoms with Gasteiger partial charge in [-0.2, -0.15) is 0 Å². The maximum Gasteiger partial charge on any atom is 0.326 e. The molecule has 1 aliphatic carbocycles. The lowest BCUT2D eigenvalue weighted by molar-refractivity contribution is -0.142. The molecule has 0 aromatic carbocycles. The summed E-state index contributed by atoms with van der Waals surface area (Å²) in [5.41, 5.74) is 0. The fourth-order valence-electron chi connectivity index (χ4n) is 2.32. The molecule has 1 saturated carbocycles. The zero-order valence-electron chi connectivity index (χ0n) is 12.4. The summed E-state index contributed by atoms with van der Waals surface area (Å²) < 4.78 is 27.5. The zero-order chi connectivity index (χ0) is 16.0. The standard InChI is InChI=1S/C13H23NO6S/c1-3-20-10-6-9(7-10)8-12(15)14-11(13(16)17)4-5-21(2,18)19/h9-11H,3-8H2,1-2H3,(H,14,15)(H,16,17). The fourth-order valence-corrected chi connectivity index (χ4v) is 2.98. The predicted octanol–water partition coefficient (Wildman–Crippen LogP) is 0.196. The van der Waals surface area contributed by atoms with Crippen molar-refractivity contribution in [2.45, 2.75) is 44.8 Å². The van der Waals surface area contributed by atoms with Gasteiger partial charge in [0.1, 0.15) is 15.9 Å². The molecular weight excluding hydrogens is 298 g/mol. The molecule has 1 atom stereocenters. The maximum absolute atomic E-state index is 11.8. The minimum atomic E-state index is -3.25. The summed E-state index contributed by atoms with van der Waals surface area (Å²) in [5, 5.41) is 11.4. The van der Waals surface area contributed by atoms with Crippen LogP contribution in [0.15, 0.2) is 0 Å². The first-order valence-electron chi connectivity index (χ1n) is 7.02. The Hall–Kier alpha value is -1.15. The minimum Gasteiger partial charge on any atom is -0.480 e. The molecule has 0 aromatic heterocycles. The topological polar surface area (TPSA) is 110 Å². The van der Waals surface area contributed by atoms with E-state index in [0.717, 1.165) is 19.1 Å². The van der Waals surface area contributed by atoms with E-state index in [2.05, 4.69) is 5.32 Å². The van der Waals surface area contributed by atoms with Crippen molar-refractivity contribution < 1.29 is 27.9 Å². The number of ether oxygens (including phenoxy) is 1. The van der Waals surface area contributed by atoms with E-state index < -0.39 is 21.8 Å². The Balaban J connectivity index is 2.35. The second-order valence-corrected chi connectivity index (χ2v) is 7.76. The third-order valence-electron chi connectivity index (χ3n) is 3.48. The van der Waals surface area contributed by atoms with Gasteiger partial charge >= 0.3 is 5.97 Å². The number of amides is 1. The Morgan fingerprint density at radius 2 is 2.00 bits per heavy atom. The highest BCUT2D eigenvalue weighted by atomic mass is 32.2. The van der Waals surface area contributed by atoms with E-state index in [4.69, 9.17) is 9.84 Å². The van der Waals surface area contributed by atoms with Gasteiger partial charge in [0.05, 0.1) is 11.9 Å². The van der Waals surface area contributed by atoms with Crippen LogP contribution in [0.3, 0.4) is 0 Å². The molecule has 1 fully saturated rings. The quantitative estimate of drug-likeness (QED) is 0.627. The summed E-state index contributed by atoms with van der Waals surface area (Å²) in [7, 11) is -3.25. The van der Waals surface area contributed by atoms with Crippen molar-refractivity contribution in [1.29, 1.82) is 0 Å². The van der Waals surface area contributed by atoms with E-state index in [1.807, 2.05) is 6.92 Å². The Morgan fingerprint density at radius 3 is 2.48 bits per heavy atom. The van der Waals surface area contributed by atoms with Crippen LogP contribution in [0.4, 0.5) is 0 Å². The highest BCUT2D eigenvalue weighted by Gasteiger charge is 2.32. The van der Waals surface area contributed by atoms with Crippen molar-refractivity contribution in [3.8, 4) is 0 Å². The predicted molar refractivity (Wildman–Crippen MR) is 76.6 cm³/mol. The van der Waals surface area contributed by atoms with Crippen LogP contribution in [0.25, 0.3) is 0 Å². The lowest BCUT2D eigenvalue weighted by Gasteiger charge is -2.34. The highest BCUT2D eigenvalue weighted by Crippen LogP contribution is 2.32. The molecule has 122 valence electrons. The van der Waals surface area contributed by atoms with Crippen LogP contribution in [0, 0.1) is 5.92 Å². The third kappa shape index (κ3) is 6.90. The number of hydrogen-bond acceptors (Lipinski definition) is 5. The average Bonchev–Trinajstić information content (AvgIpc) is 2.30. The van der Waals surface area contributed by atoms with Crippen molar-refractivity contribution in [2.75, 3.05) is 18.6 Å². The highest BCUT2D eigenvalue weighted by molar-refractivity contribution is 7.90. The molecule has 0 radical (unpaired) electrons. The Morgan fingerprint density at radius 1 is 1.38 bits per heavy atom. The average molecular weight is 321 g/mol. The number of carbonyl (C=O) groups excluding carboxylic acids is 1. The minimum absolute atomic E-state index is 0.119. The molecule has 1 unspecified atom stereocenters. The van der Waals surface area contributed by atoms with Gasteiger partial charge in [-0.25, -0.2) is 13.2 Å². The molecule has 1 rings (SSSR count). The SMILES string of the molecule is CCOC1CC(CC(=O)NC(CCS(C)(=O)=O)C(=O)O)C1. The molecule has 2 N–H and O–H groups in total. The summed E-state index contributed by atoms with van der Waals surface area (Å²) in [6.07, 6.45) is 2.99. The van der Waals surface area contributed by atoms with Crippen LogP contribution in [-0.2, 0) is 24.2 Å². The van der Waals surface area contributed by atoms with Gasteiger partial charge in [0.15, 0.2) is 0 Å². The van der Waals surface area contributed by atoms with Gasteiger partial charge in [0, 0.05) is 19.3 Å². The van der Waals surface area contributed by atoms with Gasteiger partial charge < -0.3 is 15.2 Å². The van der Waals surface area contributed by atoms with Crippen molar-refractivity contribution in [3.05, 3.63) is 0 Å². The number of carboxylic acid groups (broad SMARTS) is 1. The third-order valence-corrected chi connectivity index (χ3v) is 4.46. The monoisotopic (exact) mass is 321 g/mol. The van der Waals surface area contributed by atoms with E-state index in [1.165, 1.54) is 0 Å². The molecule has 0 saturated heterocycles. The smallest absolute Gasteiger partial charge is 0.326 e. The van der Waals surface area contributed by atoms with Crippen LogP contribution in [-0.4, -0.2) is 56.2 Å². The second kappa shape index (κ2) is 7.74. The second-order valence-electron chi connectivity index (χ2n) is 5.50. The Labute approximate surface area is 125 Å². The first-order valence-corrected chi connectivity index (χ1v) is 9.08. The van der Waals surface area contributed by atoms with Crippen molar-refractivity contribution >= 4 is 21.7 Å². The Bertz CT molecular complexity index is 469. The summed E-state index contributed by atoms with van der Waals surface area (Å²) in [4.78, 5) is 22.8. The lowest BCUT2D eigenvalue weighted by atomic mass is 9.80. The van der Waals surface area contributed by atoms with Crippen LogP contribution >= 0.6 is 0 Å². The van der Waals surface area contributed by atoms with Crippen LogP contribution in [0.1, 0.15) is 32.6 Å². The number of sulfone groups is 1. The summed E-state index contributed by atoms with van der Waals surface area (Å²) in [6.45, 7) is 2.56. The molecule has 0 bridgehead atoms. The maximum atomic E-state index is 11.8. The van der Waals surface area contributed by atoms with Crippen molar-refractivity contribution in [3.63, 3.8) is 0 Å². The molecule has 7 nitrogen and oxygen atoms in total. The largest absolute Gasteiger partial charge is 0.480 e. The molecule has 0 heterocycles. The molecule has 1 amide bonds. The van der Waals surface area contributed by atoms with Gasteiger partial charge in [0.2, 0.25) is 5.91 Å². The molecule has 0 aliphatic heterocycles. The number of nitrogens with one attached hydrogen (secondary N) is 1. The molecule has 21 heavy (non-hydrogen) atoms. The van der Waals surface area contributed by atoms with Gasteiger partial charge in [-0.15, -0.1) is 0 Å². The number of hydrogen-bond donors (Lipinski definition) is 2. The van der Waals surface area contributed by atoms with Crippen LogP contribution in [0.2, 0.25) is 0 Å². The zero-order valence-corrected chi connectivity index (χ0v) is 13.2. The van der Waals surface area contributed by atoms with Gasteiger partial charge in [0.25, 0.3) is 0 Å². The number of aliphatic carboxylic acids is 1. The Kier molecular flexibility index (Phi) is 6.60. The van der Waals surface area contributed by atoms with E-state index in [0.29, 0.717) is 6.61 Å². The lowest BCUT2D eigenvalue weighted by Crippen LogP contribution is -2.44. The van der Waals surface area contributed by atoms with Crippen LogP contribution in [0.5, 0.6) is 0 Å². The normalized spacial score (nSPS) is 23.1. The summed E-state index contributed by atoms with van der Waals surface area (Å²) in [6, 6.07) is -1.16. The van der Waals surface area contributed by atoms with E-state index in [1.54, 1.807) is 0 Å². The summed E-state index contributed by atoms with van der Waals surface area (Å²) >= 11 is 0. The first kappa shape index (κ1) is 17.9.